The number of anilines is 1. The fourth-order valence-corrected chi connectivity index (χ4v) is 1.65. The Labute approximate surface area is 105 Å². The molecule has 0 saturated carbocycles. The molecule has 1 amide bonds. The lowest BCUT2D eigenvalue weighted by Crippen LogP contribution is -2.13. The van der Waals surface area contributed by atoms with Crippen LogP contribution < -0.4 is 5.32 Å². The van der Waals surface area contributed by atoms with Gasteiger partial charge in [0, 0.05) is 18.4 Å². The van der Waals surface area contributed by atoms with E-state index in [9.17, 15) is 9.90 Å². The Balaban J connectivity index is 2.21. The quantitative estimate of drug-likeness (QED) is 0.795. The number of carbonyl (C=O) groups is 1. The summed E-state index contributed by atoms with van der Waals surface area (Å²) in [5.74, 6) is 0.0104. The Bertz CT molecular complexity index is 602. The van der Waals surface area contributed by atoms with Gasteiger partial charge in [0.05, 0.1) is 11.8 Å². The first-order chi connectivity index (χ1) is 8.49. The molecule has 0 saturated heterocycles. The zero-order valence-electron chi connectivity index (χ0n) is 10.6. The lowest BCUT2D eigenvalue weighted by molar-refractivity contribution is 0.102. The largest absolute Gasteiger partial charge is 0.508 e. The summed E-state index contributed by atoms with van der Waals surface area (Å²) in [5, 5.41) is 16.2. The zero-order valence-corrected chi connectivity index (χ0v) is 10.6. The maximum atomic E-state index is 12.0. The van der Waals surface area contributed by atoms with Gasteiger partial charge in [-0.15, -0.1) is 0 Å². The predicted molar refractivity (Wildman–Crippen MR) is 68.7 cm³/mol. The second-order valence-electron chi connectivity index (χ2n) is 4.22. The summed E-state index contributed by atoms with van der Waals surface area (Å²) in [6, 6.07) is 4.94. The van der Waals surface area contributed by atoms with E-state index in [1.54, 1.807) is 36.9 Å². The van der Waals surface area contributed by atoms with Gasteiger partial charge in [-0.05, 0) is 37.6 Å². The lowest BCUT2D eigenvalue weighted by atomic mass is 10.2. The van der Waals surface area contributed by atoms with Crippen LogP contribution in [0.1, 0.15) is 21.6 Å². The molecule has 5 heteroatoms. The van der Waals surface area contributed by atoms with Crippen molar-refractivity contribution in [3.8, 4) is 5.75 Å². The van der Waals surface area contributed by atoms with E-state index in [0.717, 1.165) is 11.3 Å². The number of phenols is 1. The Morgan fingerprint density at radius 2 is 2.11 bits per heavy atom. The number of aryl methyl sites for hydroxylation is 2. The molecule has 0 atom stereocenters. The number of carbonyl (C=O) groups excluding carboxylic acids is 1. The molecule has 2 rings (SSSR count). The highest BCUT2D eigenvalue weighted by Gasteiger charge is 2.13. The van der Waals surface area contributed by atoms with Crippen molar-refractivity contribution in [3.63, 3.8) is 0 Å². The topological polar surface area (TPSA) is 67.2 Å². The molecule has 1 heterocycles. The van der Waals surface area contributed by atoms with Gasteiger partial charge in [-0.1, -0.05) is 0 Å². The van der Waals surface area contributed by atoms with Crippen LogP contribution in [0.15, 0.2) is 24.4 Å². The van der Waals surface area contributed by atoms with Crippen LogP contribution in [0.25, 0.3) is 0 Å². The second-order valence-corrected chi connectivity index (χ2v) is 4.22. The Morgan fingerprint density at radius 3 is 2.67 bits per heavy atom. The lowest BCUT2D eigenvalue weighted by Gasteiger charge is -2.06. The number of phenolic OH excluding ortho intramolecular Hbond substituents is 1. The number of hydrogen-bond donors (Lipinski definition) is 2. The number of amides is 1. The third kappa shape index (κ3) is 2.20. The van der Waals surface area contributed by atoms with Crippen LogP contribution >= 0.6 is 0 Å². The van der Waals surface area contributed by atoms with Crippen LogP contribution in [0.3, 0.4) is 0 Å². The van der Waals surface area contributed by atoms with Crippen LogP contribution in [-0.2, 0) is 7.05 Å². The van der Waals surface area contributed by atoms with E-state index in [1.807, 2.05) is 6.92 Å². The van der Waals surface area contributed by atoms with E-state index in [0.29, 0.717) is 11.3 Å². The monoisotopic (exact) mass is 245 g/mol. The fraction of sp³-hybridized carbons (Fsp3) is 0.231. The van der Waals surface area contributed by atoms with E-state index in [1.165, 1.54) is 6.20 Å². The first-order valence-corrected chi connectivity index (χ1v) is 5.58. The van der Waals surface area contributed by atoms with Gasteiger partial charge >= 0.3 is 0 Å². The van der Waals surface area contributed by atoms with Crippen molar-refractivity contribution >= 4 is 11.6 Å². The summed E-state index contributed by atoms with van der Waals surface area (Å²) in [5.41, 5.74) is 2.72. The summed E-state index contributed by atoms with van der Waals surface area (Å²) >= 11 is 0. The molecule has 1 aromatic heterocycles. The number of aromatic nitrogens is 2. The molecule has 0 aliphatic heterocycles. The molecule has 0 bridgehead atoms. The first-order valence-electron chi connectivity index (χ1n) is 5.58. The molecule has 1 aromatic carbocycles. The number of aromatic hydroxyl groups is 1. The van der Waals surface area contributed by atoms with Crippen molar-refractivity contribution in [1.29, 1.82) is 0 Å². The molecule has 2 aromatic rings. The van der Waals surface area contributed by atoms with Crippen molar-refractivity contribution in [2.75, 3.05) is 5.32 Å². The fourth-order valence-electron chi connectivity index (χ4n) is 1.65. The van der Waals surface area contributed by atoms with E-state index in [2.05, 4.69) is 10.4 Å². The van der Waals surface area contributed by atoms with Gasteiger partial charge < -0.3 is 10.4 Å². The summed E-state index contributed by atoms with van der Waals surface area (Å²) < 4.78 is 1.65. The van der Waals surface area contributed by atoms with Crippen molar-refractivity contribution in [3.05, 3.63) is 41.2 Å². The molecule has 18 heavy (non-hydrogen) atoms. The van der Waals surface area contributed by atoms with Crippen molar-refractivity contribution in [1.82, 2.24) is 9.78 Å². The molecule has 94 valence electrons. The molecule has 0 aliphatic rings. The van der Waals surface area contributed by atoms with Crippen LogP contribution in [0.5, 0.6) is 5.75 Å². The zero-order chi connectivity index (χ0) is 13.3. The van der Waals surface area contributed by atoms with Gasteiger partial charge in [0.15, 0.2) is 0 Å². The van der Waals surface area contributed by atoms with Crippen molar-refractivity contribution in [2.24, 2.45) is 7.05 Å². The van der Waals surface area contributed by atoms with Crippen LogP contribution in [-0.4, -0.2) is 20.8 Å². The molecular formula is C13H15N3O2. The number of nitrogens with one attached hydrogen (secondary N) is 1. The highest BCUT2D eigenvalue weighted by atomic mass is 16.3. The molecule has 5 nitrogen and oxygen atoms in total. The molecule has 0 spiro atoms. The second kappa shape index (κ2) is 4.52. The van der Waals surface area contributed by atoms with Crippen LogP contribution in [0.2, 0.25) is 0 Å². The predicted octanol–water partition coefficient (Wildman–Crippen LogP) is 1.99. The third-order valence-electron chi connectivity index (χ3n) is 2.93. The maximum Gasteiger partial charge on any atom is 0.259 e. The highest BCUT2D eigenvalue weighted by Crippen LogP contribution is 2.20. The normalized spacial score (nSPS) is 10.4. The van der Waals surface area contributed by atoms with Gasteiger partial charge in [-0.25, -0.2) is 0 Å². The van der Waals surface area contributed by atoms with E-state index < -0.39 is 0 Å². The van der Waals surface area contributed by atoms with Crippen molar-refractivity contribution in [2.45, 2.75) is 13.8 Å². The molecule has 2 N–H and O–H groups in total. The Hall–Kier alpha value is -2.30. The van der Waals surface area contributed by atoms with Gasteiger partial charge in [0.2, 0.25) is 0 Å². The first kappa shape index (κ1) is 12.2. The minimum atomic E-state index is -0.203. The van der Waals surface area contributed by atoms with Gasteiger partial charge in [-0.3, -0.25) is 9.48 Å². The molecule has 0 unspecified atom stereocenters. The number of nitrogens with zero attached hydrogens (tertiary/aromatic N) is 2. The van der Waals surface area contributed by atoms with Gasteiger partial charge in [0.1, 0.15) is 5.75 Å². The van der Waals surface area contributed by atoms with Gasteiger partial charge in [0.25, 0.3) is 5.91 Å². The SMILES string of the molecule is Cc1cc(NC(=O)c2cnn(C)c2C)ccc1O. The van der Waals surface area contributed by atoms with E-state index in [4.69, 9.17) is 0 Å². The molecule has 0 aliphatic carbocycles. The molecular weight excluding hydrogens is 230 g/mol. The van der Waals surface area contributed by atoms with Gasteiger partial charge in [-0.2, -0.15) is 5.10 Å². The number of rotatable bonds is 2. The molecule has 0 radical (unpaired) electrons. The summed E-state index contributed by atoms with van der Waals surface area (Å²) in [4.78, 5) is 12.0. The van der Waals surface area contributed by atoms with Crippen LogP contribution in [0.4, 0.5) is 5.69 Å². The van der Waals surface area contributed by atoms with Crippen molar-refractivity contribution < 1.29 is 9.90 Å². The average Bonchev–Trinajstić information content (AvgIpc) is 2.65. The minimum Gasteiger partial charge on any atom is -0.508 e. The highest BCUT2D eigenvalue weighted by molar-refractivity contribution is 6.04. The summed E-state index contributed by atoms with van der Waals surface area (Å²) in [6.45, 7) is 3.62. The smallest absolute Gasteiger partial charge is 0.259 e. The summed E-state index contributed by atoms with van der Waals surface area (Å²) in [6.07, 6.45) is 1.54. The number of benzene rings is 1. The maximum absolute atomic E-state index is 12.0. The standard InChI is InChI=1S/C13H15N3O2/c1-8-6-10(4-5-12(8)17)15-13(18)11-7-14-16(3)9(11)2/h4-7,17H,1-3H3,(H,15,18). The number of hydrogen-bond acceptors (Lipinski definition) is 3. The summed E-state index contributed by atoms with van der Waals surface area (Å²) in [7, 11) is 1.79. The van der Waals surface area contributed by atoms with E-state index in [-0.39, 0.29) is 11.7 Å². The Kier molecular flexibility index (Phi) is 3.06. The van der Waals surface area contributed by atoms with Crippen LogP contribution in [0, 0.1) is 13.8 Å². The minimum absolute atomic E-state index is 0.203. The average molecular weight is 245 g/mol. The van der Waals surface area contributed by atoms with E-state index >= 15 is 0 Å². The Morgan fingerprint density at radius 1 is 1.39 bits per heavy atom. The molecule has 0 fully saturated rings. The third-order valence-corrected chi connectivity index (χ3v) is 2.93.